The Labute approximate surface area is 140 Å². The van der Waals surface area contributed by atoms with Crippen molar-refractivity contribution in [2.45, 2.75) is 0 Å². The molecule has 0 aliphatic rings. The standard InChI is InChI=1S/C14H6Br2F2O4/c15-9-1-7(3-11(17)5-9)13(19)21-22-14(20)8-2-10(16)6-12(18)4-8/h1-6H. The van der Waals surface area contributed by atoms with Gasteiger partial charge in [-0.15, -0.1) is 0 Å². The highest BCUT2D eigenvalue weighted by Crippen LogP contribution is 2.17. The zero-order valence-electron chi connectivity index (χ0n) is 10.6. The lowest BCUT2D eigenvalue weighted by atomic mass is 10.2. The van der Waals surface area contributed by atoms with Crippen molar-refractivity contribution in [1.29, 1.82) is 0 Å². The fourth-order valence-corrected chi connectivity index (χ4v) is 2.45. The van der Waals surface area contributed by atoms with Gasteiger partial charge in [-0.3, -0.25) is 0 Å². The van der Waals surface area contributed by atoms with E-state index in [1.165, 1.54) is 12.1 Å². The first-order chi connectivity index (χ1) is 10.3. The van der Waals surface area contributed by atoms with Gasteiger partial charge in [0, 0.05) is 8.95 Å². The van der Waals surface area contributed by atoms with E-state index in [0.29, 0.717) is 8.95 Å². The van der Waals surface area contributed by atoms with E-state index in [0.717, 1.165) is 24.3 Å². The minimum atomic E-state index is -1.07. The number of hydrogen-bond acceptors (Lipinski definition) is 4. The molecule has 8 heteroatoms. The second-order valence-corrected chi connectivity index (χ2v) is 5.89. The molecule has 0 saturated carbocycles. The van der Waals surface area contributed by atoms with Crippen LogP contribution in [0.15, 0.2) is 45.3 Å². The highest BCUT2D eigenvalue weighted by atomic mass is 79.9. The molecule has 0 spiro atoms. The van der Waals surface area contributed by atoms with Crippen LogP contribution in [0.4, 0.5) is 8.78 Å². The van der Waals surface area contributed by atoms with Gasteiger partial charge in [0.15, 0.2) is 0 Å². The average molecular weight is 436 g/mol. The van der Waals surface area contributed by atoms with Crippen molar-refractivity contribution in [1.82, 2.24) is 0 Å². The number of benzene rings is 2. The summed E-state index contributed by atoms with van der Waals surface area (Å²) in [5.41, 5.74) is -0.305. The lowest BCUT2D eigenvalue weighted by Crippen LogP contribution is -2.12. The van der Waals surface area contributed by atoms with Crippen molar-refractivity contribution in [3.8, 4) is 0 Å². The van der Waals surface area contributed by atoms with Crippen molar-refractivity contribution in [3.05, 3.63) is 68.1 Å². The summed E-state index contributed by atoms with van der Waals surface area (Å²) in [4.78, 5) is 31.9. The molecule has 0 fully saturated rings. The predicted octanol–water partition coefficient (Wildman–Crippen LogP) is 4.42. The summed E-state index contributed by atoms with van der Waals surface area (Å²) >= 11 is 6.02. The third-order valence-corrected chi connectivity index (χ3v) is 3.31. The molecule has 0 aromatic heterocycles. The lowest BCUT2D eigenvalue weighted by molar-refractivity contribution is -0.187. The van der Waals surface area contributed by atoms with Gasteiger partial charge in [0.1, 0.15) is 11.6 Å². The van der Waals surface area contributed by atoms with Gasteiger partial charge in [0.2, 0.25) is 0 Å². The van der Waals surface area contributed by atoms with E-state index in [1.54, 1.807) is 0 Å². The maximum Gasteiger partial charge on any atom is 0.386 e. The van der Waals surface area contributed by atoms with E-state index < -0.39 is 23.6 Å². The molecular weight excluding hydrogens is 430 g/mol. The van der Waals surface area contributed by atoms with Crippen molar-refractivity contribution in [2.24, 2.45) is 0 Å². The molecule has 22 heavy (non-hydrogen) atoms. The average Bonchev–Trinajstić information content (AvgIpc) is 2.42. The molecule has 0 aliphatic carbocycles. The summed E-state index contributed by atoms with van der Waals surface area (Å²) in [6, 6.07) is 6.70. The molecular formula is C14H6Br2F2O4. The second kappa shape index (κ2) is 6.97. The molecule has 0 N–H and O–H groups in total. The van der Waals surface area contributed by atoms with Crippen LogP contribution < -0.4 is 0 Å². The van der Waals surface area contributed by atoms with Gasteiger partial charge < -0.3 is 0 Å². The van der Waals surface area contributed by atoms with Crippen molar-refractivity contribution in [2.75, 3.05) is 0 Å². The SMILES string of the molecule is O=C(OOC(=O)c1cc(F)cc(Br)c1)c1cc(F)cc(Br)c1. The van der Waals surface area contributed by atoms with Crippen molar-refractivity contribution in [3.63, 3.8) is 0 Å². The Hall–Kier alpha value is -1.80. The molecule has 0 radical (unpaired) electrons. The first-order valence-electron chi connectivity index (χ1n) is 5.70. The van der Waals surface area contributed by atoms with E-state index in [-0.39, 0.29) is 11.1 Å². The topological polar surface area (TPSA) is 52.6 Å². The minimum Gasteiger partial charge on any atom is -0.242 e. The van der Waals surface area contributed by atoms with Gasteiger partial charge in [-0.05, 0) is 36.4 Å². The van der Waals surface area contributed by atoms with E-state index in [4.69, 9.17) is 0 Å². The first kappa shape index (κ1) is 16.6. The molecule has 0 bridgehead atoms. The Balaban J connectivity index is 2.05. The smallest absolute Gasteiger partial charge is 0.242 e. The molecule has 0 atom stereocenters. The van der Waals surface area contributed by atoms with Crippen LogP contribution in [0.3, 0.4) is 0 Å². The molecule has 114 valence electrons. The second-order valence-electron chi connectivity index (χ2n) is 4.06. The van der Waals surface area contributed by atoms with Crippen molar-refractivity contribution < 1.29 is 28.1 Å². The van der Waals surface area contributed by atoms with E-state index in [1.807, 2.05) is 0 Å². The summed E-state index contributed by atoms with van der Waals surface area (Å²) in [5.74, 6) is -3.46. The number of carbonyl (C=O) groups is 2. The Bertz CT molecular complexity index is 646. The molecule has 0 unspecified atom stereocenters. The van der Waals surface area contributed by atoms with Gasteiger partial charge in [-0.25, -0.2) is 28.1 Å². The van der Waals surface area contributed by atoms with Crippen LogP contribution in [0, 0.1) is 11.6 Å². The van der Waals surface area contributed by atoms with E-state index in [9.17, 15) is 18.4 Å². The molecule has 4 nitrogen and oxygen atoms in total. The highest BCUT2D eigenvalue weighted by molar-refractivity contribution is 9.10. The molecule has 0 amide bonds. The summed E-state index contributed by atoms with van der Waals surface area (Å²) in [5, 5.41) is 0. The predicted molar refractivity (Wildman–Crippen MR) is 79.0 cm³/mol. The maximum absolute atomic E-state index is 13.1. The Morgan fingerprint density at radius 3 is 1.41 bits per heavy atom. The summed E-state index contributed by atoms with van der Waals surface area (Å²) in [6.45, 7) is 0. The van der Waals surface area contributed by atoms with Gasteiger partial charge in [-0.1, -0.05) is 31.9 Å². The lowest BCUT2D eigenvalue weighted by Gasteiger charge is -2.04. The van der Waals surface area contributed by atoms with Crippen LogP contribution in [0.25, 0.3) is 0 Å². The Morgan fingerprint density at radius 2 is 1.09 bits per heavy atom. The highest BCUT2D eigenvalue weighted by Gasteiger charge is 2.16. The monoisotopic (exact) mass is 434 g/mol. The number of rotatable bonds is 2. The third kappa shape index (κ3) is 4.35. The molecule has 2 aromatic carbocycles. The zero-order valence-corrected chi connectivity index (χ0v) is 13.8. The van der Waals surface area contributed by atoms with E-state index >= 15 is 0 Å². The van der Waals surface area contributed by atoms with Gasteiger partial charge in [0.05, 0.1) is 11.1 Å². The summed E-state index contributed by atoms with van der Waals surface area (Å²) < 4.78 is 26.9. The molecule has 2 aromatic rings. The number of halogens is 4. The molecule has 0 aliphatic heterocycles. The molecule has 0 saturated heterocycles. The normalized spacial score (nSPS) is 10.2. The summed E-state index contributed by atoms with van der Waals surface area (Å²) in [6.07, 6.45) is 0. The van der Waals surface area contributed by atoms with Gasteiger partial charge >= 0.3 is 11.9 Å². The number of carbonyl (C=O) groups excluding carboxylic acids is 2. The maximum atomic E-state index is 13.1. The van der Waals surface area contributed by atoms with Gasteiger partial charge in [0.25, 0.3) is 0 Å². The zero-order chi connectivity index (χ0) is 16.3. The van der Waals surface area contributed by atoms with Crippen LogP contribution in [0.5, 0.6) is 0 Å². The largest absolute Gasteiger partial charge is 0.386 e. The quantitative estimate of drug-likeness (QED) is 0.517. The van der Waals surface area contributed by atoms with Gasteiger partial charge in [-0.2, -0.15) is 0 Å². The summed E-state index contributed by atoms with van der Waals surface area (Å²) in [7, 11) is 0. The van der Waals surface area contributed by atoms with Crippen LogP contribution in [0.1, 0.15) is 20.7 Å². The first-order valence-corrected chi connectivity index (χ1v) is 7.29. The third-order valence-electron chi connectivity index (χ3n) is 2.39. The fourth-order valence-electron chi connectivity index (χ4n) is 1.52. The minimum absolute atomic E-state index is 0.153. The number of hydrogen-bond donors (Lipinski definition) is 0. The Kier molecular flexibility index (Phi) is 5.25. The van der Waals surface area contributed by atoms with Crippen molar-refractivity contribution >= 4 is 43.8 Å². The van der Waals surface area contributed by atoms with Crippen LogP contribution in [-0.2, 0) is 9.78 Å². The van der Waals surface area contributed by atoms with Crippen LogP contribution >= 0.6 is 31.9 Å². The molecule has 0 heterocycles. The fraction of sp³-hybridized carbons (Fsp3) is 0. The van der Waals surface area contributed by atoms with E-state index in [2.05, 4.69) is 41.6 Å². The van der Waals surface area contributed by atoms with Crippen LogP contribution in [-0.4, -0.2) is 11.9 Å². The molecule has 2 rings (SSSR count). The van der Waals surface area contributed by atoms with Crippen LogP contribution in [0.2, 0.25) is 0 Å². The Morgan fingerprint density at radius 1 is 0.727 bits per heavy atom.